The lowest BCUT2D eigenvalue weighted by atomic mass is 9.78. The summed E-state index contributed by atoms with van der Waals surface area (Å²) in [7, 11) is 2.21. The standard InChI is InChI=1S/C12H22N2S/c1-10(2)14-7-4-5-12(11(14)15)6-8-13(3)9-12/h10H,4-9H2,1-3H3. The first kappa shape index (κ1) is 11.3. The average molecular weight is 226 g/mol. The summed E-state index contributed by atoms with van der Waals surface area (Å²) in [5.74, 6) is 0. The van der Waals surface area contributed by atoms with Gasteiger partial charge in [0, 0.05) is 24.5 Å². The van der Waals surface area contributed by atoms with Gasteiger partial charge in [-0.05, 0) is 46.7 Å². The Hall–Kier alpha value is -0.150. The van der Waals surface area contributed by atoms with E-state index in [1.807, 2.05) is 0 Å². The zero-order valence-electron chi connectivity index (χ0n) is 10.1. The van der Waals surface area contributed by atoms with Crippen molar-refractivity contribution in [3.05, 3.63) is 0 Å². The predicted molar refractivity (Wildman–Crippen MR) is 68.2 cm³/mol. The number of nitrogens with zero attached hydrogens (tertiary/aromatic N) is 2. The summed E-state index contributed by atoms with van der Waals surface area (Å²) < 4.78 is 0. The van der Waals surface area contributed by atoms with Crippen molar-refractivity contribution in [2.24, 2.45) is 5.41 Å². The van der Waals surface area contributed by atoms with Gasteiger partial charge in [0.2, 0.25) is 0 Å². The van der Waals surface area contributed by atoms with E-state index in [2.05, 4.69) is 30.7 Å². The Morgan fingerprint density at radius 3 is 2.53 bits per heavy atom. The molecule has 1 atom stereocenters. The largest absolute Gasteiger partial charge is 0.363 e. The zero-order chi connectivity index (χ0) is 11.1. The van der Waals surface area contributed by atoms with Crippen LogP contribution >= 0.6 is 12.2 Å². The minimum absolute atomic E-state index is 0.340. The molecule has 0 aromatic rings. The van der Waals surface area contributed by atoms with Crippen LogP contribution < -0.4 is 0 Å². The highest BCUT2D eigenvalue weighted by Gasteiger charge is 2.44. The summed E-state index contributed by atoms with van der Waals surface area (Å²) in [6, 6.07) is 0.570. The minimum Gasteiger partial charge on any atom is -0.363 e. The number of piperidine rings is 1. The fourth-order valence-electron chi connectivity index (χ4n) is 3.05. The smallest absolute Gasteiger partial charge is 0.0857 e. The molecule has 2 aliphatic rings. The molecule has 1 unspecified atom stereocenters. The monoisotopic (exact) mass is 226 g/mol. The molecule has 0 aliphatic carbocycles. The van der Waals surface area contributed by atoms with E-state index in [1.165, 1.54) is 43.9 Å². The maximum Gasteiger partial charge on any atom is 0.0857 e. The summed E-state index contributed by atoms with van der Waals surface area (Å²) in [5.41, 5.74) is 0.340. The van der Waals surface area contributed by atoms with Gasteiger partial charge in [0.05, 0.1) is 4.99 Å². The Bertz CT molecular complexity index is 260. The Kier molecular flexibility index (Phi) is 3.04. The van der Waals surface area contributed by atoms with Gasteiger partial charge in [-0.2, -0.15) is 0 Å². The van der Waals surface area contributed by atoms with Crippen LogP contribution in [0, 0.1) is 5.41 Å². The highest BCUT2D eigenvalue weighted by molar-refractivity contribution is 7.80. The van der Waals surface area contributed by atoms with Crippen LogP contribution in [0.25, 0.3) is 0 Å². The molecule has 86 valence electrons. The topological polar surface area (TPSA) is 6.48 Å². The third-order valence-electron chi connectivity index (χ3n) is 3.94. The van der Waals surface area contributed by atoms with E-state index in [4.69, 9.17) is 12.2 Å². The normalized spacial score (nSPS) is 33.3. The lowest BCUT2D eigenvalue weighted by Gasteiger charge is -2.44. The molecule has 0 radical (unpaired) electrons. The van der Waals surface area contributed by atoms with Crippen molar-refractivity contribution in [2.45, 2.75) is 39.2 Å². The van der Waals surface area contributed by atoms with Crippen molar-refractivity contribution < 1.29 is 0 Å². The zero-order valence-corrected chi connectivity index (χ0v) is 10.9. The average Bonchev–Trinajstić information content (AvgIpc) is 2.53. The second kappa shape index (κ2) is 4.02. The Morgan fingerprint density at radius 2 is 2.00 bits per heavy atom. The van der Waals surface area contributed by atoms with Crippen LogP contribution in [0.4, 0.5) is 0 Å². The van der Waals surface area contributed by atoms with E-state index >= 15 is 0 Å². The number of thiocarbonyl (C=S) groups is 1. The van der Waals surface area contributed by atoms with E-state index in [0.717, 1.165) is 0 Å². The van der Waals surface area contributed by atoms with Gasteiger partial charge in [0.25, 0.3) is 0 Å². The predicted octanol–water partition coefficient (Wildman–Crippen LogP) is 2.14. The van der Waals surface area contributed by atoms with Gasteiger partial charge in [-0.25, -0.2) is 0 Å². The summed E-state index contributed by atoms with van der Waals surface area (Å²) in [4.78, 5) is 6.11. The first-order valence-corrected chi connectivity index (χ1v) is 6.46. The third kappa shape index (κ3) is 1.92. The molecule has 0 saturated carbocycles. The Morgan fingerprint density at radius 1 is 1.27 bits per heavy atom. The molecule has 2 nitrogen and oxygen atoms in total. The fraction of sp³-hybridized carbons (Fsp3) is 0.917. The van der Waals surface area contributed by atoms with E-state index < -0.39 is 0 Å². The maximum atomic E-state index is 5.73. The minimum atomic E-state index is 0.340. The van der Waals surface area contributed by atoms with Crippen LogP contribution in [0.3, 0.4) is 0 Å². The number of likely N-dealkylation sites (tertiary alicyclic amines) is 2. The lowest BCUT2D eigenvalue weighted by molar-refractivity contribution is 0.227. The summed E-state index contributed by atoms with van der Waals surface area (Å²) in [6.07, 6.45) is 3.89. The summed E-state index contributed by atoms with van der Waals surface area (Å²) >= 11 is 5.73. The highest BCUT2D eigenvalue weighted by Crippen LogP contribution is 2.40. The fourth-order valence-corrected chi connectivity index (χ4v) is 3.62. The molecule has 0 amide bonds. The third-order valence-corrected chi connectivity index (χ3v) is 4.60. The second-order valence-electron chi connectivity index (χ2n) is 5.46. The molecule has 3 heteroatoms. The van der Waals surface area contributed by atoms with E-state index in [1.54, 1.807) is 0 Å². The SMILES string of the molecule is CC(C)N1CCCC2(CCN(C)C2)C1=S. The van der Waals surface area contributed by atoms with Gasteiger partial charge >= 0.3 is 0 Å². The quantitative estimate of drug-likeness (QED) is 0.633. The number of hydrogen-bond acceptors (Lipinski definition) is 2. The molecular formula is C12H22N2S. The molecule has 0 bridgehead atoms. The van der Waals surface area contributed by atoms with Crippen molar-refractivity contribution in [3.63, 3.8) is 0 Å². The highest BCUT2D eigenvalue weighted by atomic mass is 32.1. The van der Waals surface area contributed by atoms with Crippen LogP contribution in [-0.4, -0.2) is 47.5 Å². The van der Waals surface area contributed by atoms with Crippen LogP contribution in [0.1, 0.15) is 33.1 Å². The molecule has 2 fully saturated rings. The van der Waals surface area contributed by atoms with Gasteiger partial charge in [-0.15, -0.1) is 0 Å². The van der Waals surface area contributed by atoms with Crippen LogP contribution in [0.5, 0.6) is 0 Å². The van der Waals surface area contributed by atoms with Crippen LogP contribution in [0.15, 0.2) is 0 Å². The maximum absolute atomic E-state index is 5.73. The molecule has 2 aliphatic heterocycles. The van der Waals surface area contributed by atoms with E-state index in [9.17, 15) is 0 Å². The Balaban J connectivity index is 2.16. The second-order valence-corrected chi connectivity index (χ2v) is 5.85. The molecule has 2 saturated heterocycles. The van der Waals surface area contributed by atoms with Gasteiger partial charge in [-0.3, -0.25) is 0 Å². The first-order valence-electron chi connectivity index (χ1n) is 6.05. The van der Waals surface area contributed by atoms with Crippen molar-refractivity contribution in [3.8, 4) is 0 Å². The molecule has 0 aromatic carbocycles. The molecule has 0 N–H and O–H groups in total. The van der Waals surface area contributed by atoms with Crippen molar-refractivity contribution in [2.75, 3.05) is 26.7 Å². The van der Waals surface area contributed by atoms with Crippen molar-refractivity contribution in [1.82, 2.24) is 9.80 Å². The number of rotatable bonds is 1. The van der Waals surface area contributed by atoms with Gasteiger partial charge in [-0.1, -0.05) is 12.2 Å². The van der Waals surface area contributed by atoms with Crippen molar-refractivity contribution >= 4 is 17.2 Å². The van der Waals surface area contributed by atoms with E-state index in [0.29, 0.717) is 11.5 Å². The van der Waals surface area contributed by atoms with E-state index in [-0.39, 0.29) is 0 Å². The van der Waals surface area contributed by atoms with Crippen LogP contribution in [0.2, 0.25) is 0 Å². The summed E-state index contributed by atoms with van der Waals surface area (Å²) in [6.45, 7) is 8.07. The van der Waals surface area contributed by atoms with Crippen molar-refractivity contribution in [1.29, 1.82) is 0 Å². The number of hydrogen-bond donors (Lipinski definition) is 0. The first-order chi connectivity index (χ1) is 7.05. The molecule has 0 aromatic heterocycles. The van der Waals surface area contributed by atoms with Crippen LogP contribution in [-0.2, 0) is 0 Å². The lowest BCUT2D eigenvalue weighted by Crippen LogP contribution is -2.51. The van der Waals surface area contributed by atoms with Gasteiger partial charge in [0.15, 0.2) is 0 Å². The summed E-state index contributed by atoms with van der Waals surface area (Å²) in [5, 5.41) is 0. The molecular weight excluding hydrogens is 204 g/mol. The molecule has 2 rings (SSSR count). The molecule has 1 spiro atoms. The van der Waals surface area contributed by atoms with Gasteiger partial charge < -0.3 is 9.80 Å². The molecule has 2 heterocycles. The Labute approximate surface area is 98.6 Å². The molecule has 15 heavy (non-hydrogen) atoms. The van der Waals surface area contributed by atoms with Gasteiger partial charge in [0.1, 0.15) is 0 Å².